The molecule has 0 unspecified atom stereocenters. The van der Waals surface area contributed by atoms with Gasteiger partial charge in [-0.25, -0.2) is 0 Å². The fraction of sp³-hybridized carbons (Fsp3) is 0.619. The van der Waals surface area contributed by atoms with Crippen LogP contribution in [-0.2, 0) is 11.3 Å². The van der Waals surface area contributed by atoms with Crippen LogP contribution < -0.4 is 20.7 Å². The van der Waals surface area contributed by atoms with Gasteiger partial charge in [0.1, 0.15) is 12.4 Å². The second kappa shape index (κ2) is 14.4. The molecule has 0 saturated carbocycles. The summed E-state index contributed by atoms with van der Waals surface area (Å²) < 4.78 is 5.98. The summed E-state index contributed by atoms with van der Waals surface area (Å²) in [6.07, 6.45) is 0. The molecule has 8 heteroatoms. The Kier molecular flexibility index (Phi) is 13.7. The Hall–Kier alpha value is -1.55. The molecule has 0 fully saturated rings. The van der Waals surface area contributed by atoms with E-state index in [-0.39, 0.29) is 42.0 Å². The Morgan fingerprint density at radius 3 is 2.38 bits per heavy atom. The van der Waals surface area contributed by atoms with Crippen LogP contribution in [0.1, 0.15) is 40.2 Å². The molecule has 0 saturated heterocycles. The van der Waals surface area contributed by atoms with Gasteiger partial charge in [-0.15, -0.1) is 24.0 Å². The zero-order valence-electron chi connectivity index (χ0n) is 18.7. The zero-order chi connectivity index (χ0) is 21.0. The largest absolute Gasteiger partial charge is 0.492 e. The predicted octanol–water partition coefficient (Wildman–Crippen LogP) is 2.60. The summed E-state index contributed by atoms with van der Waals surface area (Å²) in [6, 6.07) is 7.97. The molecule has 0 aliphatic rings. The third kappa shape index (κ3) is 11.9. The second-order valence-electron chi connectivity index (χ2n) is 7.56. The van der Waals surface area contributed by atoms with Crippen LogP contribution in [0.25, 0.3) is 0 Å². The molecule has 166 valence electrons. The Labute approximate surface area is 193 Å². The van der Waals surface area contributed by atoms with Gasteiger partial charge in [-0.3, -0.25) is 9.79 Å². The van der Waals surface area contributed by atoms with Crippen molar-refractivity contribution in [2.75, 3.05) is 39.8 Å². The lowest BCUT2D eigenvalue weighted by Gasteiger charge is -2.21. The van der Waals surface area contributed by atoms with E-state index in [0.717, 1.165) is 30.9 Å². The normalized spacial score (nSPS) is 11.6. The highest BCUT2D eigenvalue weighted by atomic mass is 127. The smallest absolute Gasteiger partial charge is 0.239 e. The zero-order valence-corrected chi connectivity index (χ0v) is 21.0. The molecule has 0 aliphatic heterocycles. The van der Waals surface area contributed by atoms with Crippen molar-refractivity contribution in [2.24, 2.45) is 4.99 Å². The molecular formula is C21H38IN5O2. The number of amides is 1. The molecule has 1 rings (SSSR count). The van der Waals surface area contributed by atoms with E-state index in [0.29, 0.717) is 19.1 Å². The van der Waals surface area contributed by atoms with Crippen LogP contribution in [0.2, 0.25) is 0 Å². The fourth-order valence-electron chi connectivity index (χ4n) is 2.64. The molecule has 29 heavy (non-hydrogen) atoms. The molecule has 0 spiro atoms. The average Bonchev–Trinajstić information content (AvgIpc) is 2.65. The Morgan fingerprint density at radius 1 is 1.14 bits per heavy atom. The van der Waals surface area contributed by atoms with E-state index in [1.807, 2.05) is 45.0 Å². The van der Waals surface area contributed by atoms with Crippen molar-refractivity contribution in [3.05, 3.63) is 29.8 Å². The molecule has 0 radical (unpaired) electrons. The van der Waals surface area contributed by atoms with Gasteiger partial charge in [0.25, 0.3) is 0 Å². The molecule has 0 bridgehead atoms. The van der Waals surface area contributed by atoms with Crippen LogP contribution in [0.4, 0.5) is 0 Å². The topological polar surface area (TPSA) is 78.0 Å². The van der Waals surface area contributed by atoms with Crippen molar-refractivity contribution in [1.82, 2.24) is 20.9 Å². The first-order valence-corrected chi connectivity index (χ1v) is 9.97. The maximum Gasteiger partial charge on any atom is 0.239 e. The van der Waals surface area contributed by atoms with Crippen LogP contribution in [0, 0.1) is 0 Å². The molecule has 3 N–H and O–H groups in total. The van der Waals surface area contributed by atoms with Crippen molar-refractivity contribution in [3.63, 3.8) is 0 Å². The van der Waals surface area contributed by atoms with Crippen molar-refractivity contribution >= 4 is 35.8 Å². The van der Waals surface area contributed by atoms with E-state index in [1.165, 1.54) is 0 Å². The first-order valence-electron chi connectivity index (χ1n) is 9.97. The summed E-state index contributed by atoms with van der Waals surface area (Å²) in [5, 5.41) is 9.18. The number of ether oxygens (including phenoxy) is 1. The van der Waals surface area contributed by atoms with Crippen LogP contribution in [0.5, 0.6) is 5.75 Å². The van der Waals surface area contributed by atoms with Crippen LogP contribution in [0.3, 0.4) is 0 Å². The third-order valence-corrected chi connectivity index (χ3v) is 4.13. The lowest BCUT2D eigenvalue weighted by molar-refractivity contribution is -0.121. The quantitative estimate of drug-likeness (QED) is 0.252. The van der Waals surface area contributed by atoms with Gasteiger partial charge in [-0.05, 0) is 39.9 Å². The van der Waals surface area contributed by atoms with Gasteiger partial charge in [0, 0.05) is 31.2 Å². The number of guanidine groups is 1. The van der Waals surface area contributed by atoms with E-state index in [2.05, 4.69) is 39.7 Å². The van der Waals surface area contributed by atoms with Gasteiger partial charge in [0.2, 0.25) is 5.91 Å². The number of nitrogens with one attached hydrogen (secondary N) is 3. The monoisotopic (exact) mass is 519 g/mol. The van der Waals surface area contributed by atoms with Crippen LogP contribution in [0.15, 0.2) is 29.3 Å². The average molecular weight is 519 g/mol. The number of hydrogen-bond donors (Lipinski definition) is 3. The summed E-state index contributed by atoms with van der Waals surface area (Å²) in [5.74, 6) is 1.36. The Balaban J connectivity index is 0.00000784. The highest BCUT2D eigenvalue weighted by molar-refractivity contribution is 14.0. The second-order valence-corrected chi connectivity index (χ2v) is 7.56. The number of carbonyl (C=O) groups excluding carboxylic acids is 1. The minimum atomic E-state index is -0.253. The molecule has 0 heterocycles. The number of rotatable bonds is 10. The number of para-hydroxylation sites is 1. The first kappa shape index (κ1) is 27.5. The predicted molar refractivity (Wildman–Crippen MR) is 131 cm³/mol. The van der Waals surface area contributed by atoms with E-state index in [4.69, 9.17) is 4.74 Å². The minimum Gasteiger partial charge on any atom is -0.492 e. The third-order valence-electron chi connectivity index (χ3n) is 4.13. The molecular weight excluding hydrogens is 481 g/mol. The molecule has 1 aromatic carbocycles. The number of nitrogens with zero attached hydrogens (tertiary/aromatic N) is 2. The van der Waals surface area contributed by atoms with Gasteiger partial charge >= 0.3 is 0 Å². The summed E-state index contributed by atoms with van der Waals surface area (Å²) in [6.45, 7) is 14.5. The van der Waals surface area contributed by atoms with Crippen molar-refractivity contribution in [1.29, 1.82) is 0 Å². The molecule has 0 aliphatic carbocycles. The van der Waals surface area contributed by atoms with Gasteiger partial charge in [-0.1, -0.05) is 32.0 Å². The van der Waals surface area contributed by atoms with E-state index in [9.17, 15) is 4.79 Å². The van der Waals surface area contributed by atoms with Gasteiger partial charge in [-0.2, -0.15) is 0 Å². The maximum absolute atomic E-state index is 11.9. The summed E-state index contributed by atoms with van der Waals surface area (Å²) >= 11 is 0. The highest BCUT2D eigenvalue weighted by Crippen LogP contribution is 2.17. The van der Waals surface area contributed by atoms with Crippen LogP contribution >= 0.6 is 24.0 Å². The van der Waals surface area contributed by atoms with Crippen molar-refractivity contribution < 1.29 is 9.53 Å². The number of aliphatic imine (C=N–C) groups is 1. The van der Waals surface area contributed by atoms with E-state index in [1.54, 1.807) is 7.05 Å². The van der Waals surface area contributed by atoms with Gasteiger partial charge < -0.3 is 25.6 Å². The number of carbonyl (C=O) groups is 1. The standard InChI is InChI=1S/C21H37N5O2.HI/c1-7-26(8-2)13-14-28-18-12-10-9-11-17(18)15-23-20(22-6)24-16-19(27)25-21(3,4)5;/h9-12H,7-8,13-16H2,1-6H3,(H,25,27)(H2,22,23,24);1H. The number of likely N-dealkylation sites (N-methyl/N-ethyl adjacent to an activating group) is 1. The Bertz CT molecular complexity index is 628. The summed E-state index contributed by atoms with van der Waals surface area (Å²) in [7, 11) is 1.68. The summed E-state index contributed by atoms with van der Waals surface area (Å²) in [4.78, 5) is 18.5. The van der Waals surface area contributed by atoms with Crippen molar-refractivity contribution in [3.8, 4) is 5.75 Å². The van der Waals surface area contributed by atoms with E-state index < -0.39 is 0 Å². The summed E-state index contributed by atoms with van der Waals surface area (Å²) in [5.41, 5.74) is 0.793. The van der Waals surface area contributed by atoms with Crippen LogP contribution in [-0.4, -0.2) is 62.1 Å². The van der Waals surface area contributed by atoms with E-state index >= 15 is 0 Å². The van der Waals surface area contributed by atoms with Gasteiger partial charge in [0.05, 0.1) is 6.54 Å². The number of halogens is 1. The first-order chi connectivity index (χ1) is 13.3. The molecule has 0 aromatic heterocycles. The molecule has 0 atom stereocenters. The Morgan fingerprint density at radius 2 is 1.79 bits per heavy atom. The number of benzene rings is 1. The molecule has 1 aromatic rings. The van der Waals surface area contributed by atoms with Crippen molar-refractivity contribution in [2.45, 2.75) is 46.7 Å². The van der Waals surface area contributed by atoms with Gasteiger partial charge in [0.15, 0.2) is 5.96 Å². The molecule has 7 nitrogen and oxygen atoms in total. The lowest BCUT2D eigenvalue weighted by atomic mass is 10.1. The molecule has 1 amide bonds. The lowest BCUT2D eigenvalue weighted by Crippen LogP contribution is -2.48. The minimum absolute atomic E-state index is 0. The SMILES string of the molecule is CCN(CC)CCOc1ccccc1CNC(=NC)NCC(=O)NC(C)(C)C.I. The highest BCUT2D eigenvalue weighted by Gasteiger charge is 2.14. The number of hydrogen-bond acceptors (Lipinski definition) is 4. The fourth-order valence-corrected chi connectivity index (χ4v) is 2.64. The maximum atomic E-state index is 11.9.